The first kappa shape index (κ1) is 14.2. The van der Waals surface area contributed by atoms with Crippen LogP contribution in [0.1, 0.15) is 58.3 Å². The summed E-state index contributed by atoms with van der Waals surface area (Å²) >= 11 is 2.18. The first-order valence-electron chi connectivity index (χ1n) is 8.41. The predicted molar refractivity (Wildman–Crippen MR) is 85.0 cm³/mol. The van der Waals surface area contributed by atoms with E-state index in [-0.39, 0.29) is 0 Å². The van der Waals surface area contributed by atoms with Crippen LogP contribution in [0.15, 0.2) is 0 Å². The van der Waals surface area contributed by atoms with Gasteiger partial charge >= 0.3 is 0 Å². The van der Waals surface area contributed by atoms with Gasteiger partial charge in [0.15, 0.2) is 0 Å². The maximum absolute atomic E-state index is 3.96. The standard InChI is InChI=1S/C16H30N2S/c1-2-14-11-17-16(8-4-3-5-9-16)13-18(14)15-7-6-10-19-12-15/h14-15,17H,2-13H2,1H3. The Morgan fingerprint density at radius 1 is 1.21 bits per heavy atom. The van der Waals surface area contributed by atoms with E-state index in [4.69, 9.17) is 0 Å². The zero-order valence-corrected chi connectivity index (χ0v) is 13.3. The number of nitrogens with zero attached hydrogens (tertiary/aromatic N) is 1. The summed E-state index contributed by atoms with van der Waals surface area (Å²) in [6.45, 7) is 4.93. The van der Waals surface area contributed by atoms with Crippen molar-refractivity contribution in [1.82, 2.24) is 10.2 Å². The molecule has 110 valence electrons. The van der Waals surface area contributed by atoms with Crippen LogP contribution in [0.25, 0.3) is 0 Å². The Hall–Kier alpha value is 0.270. The number of rotatable bonds is 2. The normalized spacial score (nSPS) is 36.5. The highest BCUT2D eigenvalue weighted by Gasteiger charge is 2.41. The quantitative estimate of drug-likeness (QED) is 0.837. The lowest BCUT2D eigenvalue weighted by atomic mass is 9.78. The molecule has 0 bridgehead atoms. The Bertz CT molecular complexity index is 282. The van der Waals surface area contributed by atoms with E-state index in [1.807, 2.05) is 0 Å². The molecule has 2 heterocycles. The summed E-state index contributed by atoms with van der Waals surface area (Å²) in [7, 11) is 0. The second-order valence-electron chi connectivity index (χ2n) is 6.83. The second kappa shape index (κ2) is 6.36. The van der Waals surface area contributed by atoms with E-state index in [0.29, 0.717) is 5.54 Å². The Morgan fingerprint density at radius 3 is 2.74 bits per heavy atom. The highest BCUT2D eigenvalue weighted by Crippen LogP contribution is 2.35. The molecule has 0 amide bonds. The maximum Gasteiger partial charge on any atom is 0.0309 e. The van der Waals surface area contributed by atoms with Crippen LogP contribution in [0.5, 0.6) is 0 Å². The van der Waals surface area contributed by atoms with Gasteiger partial charge in [-0.25, -0.2) is 0 Å². The van der Waals surface area contributed by atoms with Gasteiger partial charge in [0, 0.05) is 36.5 Å². The fraction of sp³-hybridized carbons (Fsp3) is 1.00. The van der Waals surface area contributed by atoms with Crippen molar-refractivity contribution in [3.05, 3.63) is 0 Å². The fourth-order valence-corrected chi connectivity index (χ4v) is 5.51. The van der Waals surface area contributed by atoms with Gasteiger partial charge in [-0.15, -0.1) is 0 Å². The summed E-state index contributed by atoms with van der Waals surface area (Å²) in [6, 6.07) is 1.65. The van der Waals surface area contributed by atoms with Crippen molar-refractivity contribution in [2.75, 3.05) is 24.6 Å². The van der Waals surface area contributed by atoms with Crippen LogP contribution in [0, 0.1) is 0 Å². The Labute approximate surface area is 123 Å². The molecule has 0 aromatic heterocycles. The monoisotopic (exact) mass is 282 g/mol. The van der Waals surface area contributed by atoms with Crippen molar-refractivity contribution in [2.24, 2.45) is 0 Å². The van der Waals surface area contributed by atoms with E-state index in [1.54, 1.807) is 0 Å². The van der Waals surface area contributed by atoms with Crippen molar-refractivity contribution in [2.45, 2.75) is 75.9 Å². The molecular weight excluding hydrogens is 252 g/mol. The predicted octanol–water partition coefficient (Wildman–Crippen LogP) is 3.27. The highest BCUT2D eigenvalue weighted by atomic mass is 32.2. The molecule has 2 nitrogen and oxygen atoms in total. The van der Waals surface area contributed by atoms with Crippen LogP contribution >= 0.6 is 11.8 Å². The van der Waals surface area contributed by atoms with Gasteiger partial charge in [0.2, 0.25) is 0 Å². The molecule has 2 saturated heterocycles. The molecule has 19 heavy (non-hydrogen) atoms. The minimum Gasteiger partial charge on any atom is -0.308 e. The number of hydrogen-bond donors (Lipinski definition) is 1. The molecule has 3 heteroatoms. The van der Waals surface area contributed by atoms with E-state index in [0.717, 1.165) is 12.1 Å². The molecule has 2 unspecified atom stereocenters. The van der Waals surface area contributed by atoms with Crippen molar-refractivity contribution >= 4 is 11.8 Å². The first-order chi connectivity index (χ1) is 9.33. The van der Waals surface area contributed by atoms with Gasteiger partial charge in [-0.1, -0.05) is 26.2 Å². The van der Waals surface area contributed by atoms with Gasteiger partial charge in [-0.3, -0.25) is 4.90 Å². The minimum absolute atomic E-state index is 0.478. The third-order valence-corrected chi connectivity index (χ3v) is 6.75. The summed E-state index contributed by atoms with van der Waals surface area (Å²) < 4.78 is 0. The summed E-state index contributed by atoms with van der Waals surface area (Å²) in [5, 5.41) is 3.96. The number of hydrogen-bond acceptors (Lipinski definition) is 3. The van der Waals surface area contributed by atoms with Gasteiger partial charge in [-0.2, -0.15) is 11.8 Å². The molecule has 1 spiro atoms. The molecule has 3 fully saturated rings. The van der Waals surface area contributed by atoms with E-state index in [9.17, 15) is 0 Å². The summed E-state index contributed by atoms with van der Waals surface area (Å²) in [6.07, 6.45) is 11.4. The molecule has 0 radical (unpaired) electrons. The van der Waals surface area contributed by atoms with E-state index in [2.05, 4.69) is 28.9 Å². The molecule has 0 aromatic carbocycles. The van der Waals surface area contributed by atoms with Crippen LogP contribution in [0.2, 0.25) is 0 Å². The average molecular weight is 282 g/mol. The molecule has 1 N–H and O–H groups in total. The molecule has 3 aliphatic rings. The van der Waals surface area contributed by atoms with Crippen LogP contribution in [-0.4, -0.2) is 47.1 Å². The lowest BCUT2D eigenvalue weighted by Gasteiger charge is -2.52. The zero-order chi connectivity index (χ0) is 13.1. The third kappa shape index (κ3) is 3.14. The van der Waals surface area contributed by atoms with Crippen LogP contribution in [0.3, 0.4) is 0 Å². The smallest absolute Gasteiger partial charge is 0.0309 e. The fourth-order valence-electron chi connectivity index (χ4n) is 4.34. The van der Waals surface area contributed by atoms with Crippen molar-refractivity contribution in [1.29, 1.82) is 0 Å². The number of nitrogens with one attached hydrogen (secondary N) is 1. The van der Waals surface area contributed by atoms with Crippen LogP contribution in [0.4, 0.5) is 0 Å². The van der Waals surface area contributed by atoms with Gasteiger partial charge in [0.25, 0.3) is 0 Å². The van der Waals surface area contributed by atoms with Crippen molar-refractivity contribution in [3.63, 3.8) is 0 Å². The molecule has 1 saturated carbocycles. The Morgan fingerprint density at radius 2 is 2.05 bits per heavy atom. The number of thioether (sulfide) groups is 1. The Kier molecular flexibility index (Phi) is 4.76. The Balaban J connectivity index is 1.69. The largest absolute Gasteiger partial charge is 0.308 e. The highest BCUT2D eigenvalue weighted by molar-refractivity contribution is 7.99. The van der Waals surface area contributed by atoms with Crippen molar-refractivity contribution < 1.29 is 0 Å². The second-order valence-corrected chi connectivity index (χ2v) is 7.98. The molecule has 2 aliphatic heterocycles. The van der Waals surface area contributed by atoms with Gasteiger partial charge in [-0.05, 0) is 37.9 Å². The summed E-state index contributed by atoms with van der Waals surface area (Å²) in [5.74, 6) is 2.77. The third-order valence-electron chi connectivity index (χ3n) is 5.55. The summed E-state index contributed by atoms with van der Waals surface area (Å²) in [5.41, 5.74) is 0.478. The SMILES string of the molecule is CCC1CNC2(CCCCC2)CN1C1CCCSC1. The molecule has 2 atom stereocenters. The maximum atomic E-state index is 3.96. The van der Waals surface area contributed by atoms with E-state index >= 15 is 0 Å². The molecule has 0 aromatic rings. The van der Waals surface area contributed by atoms with Crippen LogP contribution < -0.4 is 5.32 Å². The average Bonchev–Trinajstić information content (AvgIpc) is 2.49. The van der Waals surface area contributed by atoms with E-state index in [1.165, 1.54) is 76.0 Å². The first-order valence-corrected chi connectivity index (χ1v) is 9.57. The van der Waals surface area contributed by atoms with E-state index < -0.39 is 0 Å². The van der Waals surface area contributed by atoms with Crippen LogP contribution in [-0.2, 0) is 0 Å². The van der Waals surface area contributed by atoms with Crippen molar-refractivity contribution in [3.8, 4) is 0 Å². The number of piperazine rings is 1. The lowest BCUT2D eigenvalue weighted by molar-refractivity contribution is 0.0256. The lowest BCUT2D eigenvalue weighted by Crippen LogP contribution is -2.67. The zero-order valence-electron chi connectivity index (χ0n) is 12.5. The van der Waals surface area contributed by atoms with Gasteiger partial charge < -0.3 is 5.32 Å². The molecular formula is C16H30N2S. The topological polar surface area (TPSA) is 15.3 Å². The molecule has 3 rings (SSSR count). The van der Waals surface area contributed by atoms with Gasteiger partial charge in [0.1, 0.15) is 0 Å². The summed E-state index contributed by atoms with van der Waals surface area (Å²) in [4.78, 5) is 2.91. The van der Waals surface area contributed by atoms with Gasteiger partial charge in [0.05, 0.1) is 0 Å². The minimum atomic E-state index is 0.478. The molecule has 1 aliphatic carbocycles.